The Morgan fingerprint density at radius 2 is 0.333 bits per heavy atom. The van der Waals surface area contributed by atoms with Crippen molar-refractivity contribution >= 4 is 17.9 Å². The van der Waals surface area contributed by atoms with E-state index in [4.69, 9.17) is 14.2 Å². The Labute approximate surface area is 508 Å². The van der Waals surface area contributed by atoms with E-state index in [2.05, 4.69) is 20.8 Å². The van der Waals surface area contributed by atoms with E-state index in [-0.39, 0.29) is 31.1 Å². The number of ether oxygens (including phenoxy) is 3. The van der Waals surface area contributed by atoms with Crippen molar-refractivity contribution in [2.75, 3.05) is 13.2 Å². The van der Waals surface area contributed by atoms with Gasteiger partial charge in [-0.05, 0) is 19.3 Å². The summed E-state index contributed by atoms with van der Waals surface area (Å²) in [6, 6.07) is 0. The second kappa shape index (κ2) is 70.9. The van der Waals surface area contributed by atoms with Crippen LogP contribution in [0.5, 0.6) is 0 Å². The quantitative estimate of drug-likeness (QED) is 0.0343. The summed E-state index contributed by atoms with van der Waals surface area (Å²) in [5, 5.41) is 0. The van der Waals surface area contributed by atoms with E-state index in [1.54, 1.807) is 0 Å². The van der Waals surface area contributed by atoms with Crippen LogP contribution in [0.1, 0.15) is 445 Å². The molecule has 1 atom stereocenters. The molecule has 0 saturated heterocycles. The smallest absolute Gasteiger partial charge is 0.306 e. The maximum absolute atomic E-state index is 13.0. The number of esters is 3. The van der Waals surface area contributed by atoms with Crippen LogP contribution in [0.3, 0.4) is 0 Å². The lowest BCUT2D eigenvalue weighted by molar-refractivity contribution is -0.167. The normalized spacial score (nSPS) is 11.9. The molecule has 81 heavy (non-hydrogen) atoms. The van der Waals surface area contributed by atoms with Gasteiger partial charge >= 0.3 is 17.9 Å². The van der Waals surface area contributed by atoms with Crippen molar-refractivity contribution in [3.05, 3.63) is 0 Å². The van der Waals surface area contributed by atoms with Crippen molar-refractivity contribution in [2.24, 2.45) is 0 Å². The Hall–Kier alpha value is -1.59. The maximum atomic E-state index is 13.0. The van der Waals surface area contributed by atoms with Gasteiger partial charge in [0.2, 0.25) is 0 Å². The summed E-state index contributed by atoms with van der Waals surface area (Å²) in [5.74, 6) is -0.814. The average Bonchev–Trinajstić information content (AvgIpc) is 3.47. The van der Waals surface area contributed by atoms with Gasteiger partial charge in [-0.2, -0.15) is 0 Å². The van der Waals surface area contributed by atoms with Crippen molar-refractivity contribution in [3.8, 4) is 0 Å². The van der Waals surface area contributed by atoms with Crippen LogP contribution in [0.2, 0.25) is 0 Å². The first-order valence-corrected chi connectivity index (χ1v) is 37.5. The van der Waals surface area contributed by atoms with Gasteiger partial charge in [-0.25, -0.2) is 0 Å². The molecule has 6 nitrogen and oxygen atoms in total. The Morgan fingerprint density at radius 1 is 0.198 bits per heavy atom. The highest BCUT2D eigenvalue weighted by molar-refractivity contribution is 5.71. The zero-order valence-corrected chi connectivity index (χ0v) is 55.6. The van der Waals surface area contributed by atoms with E-state index in [1.807, 2.05) is 0 Å². The number of hydrogen-bond acceptors (Lipinski definition) is 6. The van der Waals surface area contributed by atoms with E-state index >= 15 is 0 Å². The Balaban J connectivity index is 4.25. The third-order valence-electron chi connectivity index (χ3n) is 17.6. The van der Waals surface area contributed by atoms with E-state index in [9.17, 15) is 14.4 Å². The van der Waals surface area contributed by atoms with Gasteiger partial charge in [-0.15, -0.1) is 0 Å². The van der Waals surface area contributed by atoms with Crippen molar-refractivity contribution < 1.29 is 28.6 Å². The summed E-state index contributed by atoms with van der Waals surface area (Å²) in [6.45, 7) is 6.76. The Morgan fingerprint density at radius 3 is 0.494 bits per heavy atom. The molecule has 0 aliphatic carbocycles. The molecule has 482 valence electrons. The number of rotatable bonds is 71. The fourth-order valence-corrected chi connectivity index (χ4v) is 12.0. The van der Waals surface area contributed by atoms with Gasteiger partial charge in [0.25, 0.3) is 0 Å². The Bertz CT molecular complexity index is 1220. The van der Waals surface area contributed by atoms with Gasteiger partial charge in [-0.1, -0.05) is 406 Å². The molecule has 0 rings (SSSR count). The van der Waals surface area contributed by atoms with E-state index in [0.717, 1.165) is 57.8 Å². The minimum absolute atomic E-state index is 0.0598. The third kappa shape index (κ3) is 69.1. The van der Waals surface area contributed by atoms with Crippen LogP contribution in [0.4, 0.5) is 0 Å². The summed E-state index contributed by atoms with van der Waals surface area (Å²) in [5.41, 5.74) is 0. The fraction of sp³-hybridized carbons (Fsp3) is 0.960. The van der Waals surface area contributed by atoms with Crippen molar-refractivity contribution in [3.63, 3.8) is 0 Å². The molecule has 0 amide bonds. The zero-order chi connectivity index (χ0) is 58.5. The van der Waals surface area contributed by atoms with Gasteiger partial charge in [0, 0.05) is 19.3 Å². The molecule has 0 heterocycles. The monoisotopic (exact) mass is 1140 g/mol. The van der Waals surface area contributed by atoms with Crippen LogP contribution in [-0.4, -0.2) is 37.2 Å². The van der Waals surface area contributed by atoms with Crippen LogP contribution in [0.15, 0.2) is 0 Å². The molecule has 0 fully saturated rings. The second-order valence-corrected chi connectivity index (χ2v) is 25.9. The molecule has 0 N–H and O–H groups in total. The summed E-state index contributed by atoms with van der Waals surface area (Å²) >= 11 is 0. The summed E-state index contributed by atoms with van der Waals surface area (Å²) in [7, 11) is 0. The van der Waals surface area contributed by atoms with Gasteiger partial charge in [0.1, 0.15) is 13.2 Å². The summed E-state index contributed by atoms with van der Waals surface area (Å²) in [6.07, 6.45) is 84.3. The van der Waals surface area contributed by atoms with Crippen LogP contribution >= 0.6 is 0 Å². The van der Waals surface area contributed by atoms with Crippen molar-refractivity contribution in [1.29, 1.82) is 0 Å². The molecular weight excluding hydrogens is 997 g/mol. The van der Waals surface area contributed by atoms with Gasteiger partial charge in [0.05, 0.1) is 0 Å². The van der Waals surface area contributed by atoms with Gasteiger partial charge in [0.15, 0.2) is 6.10 Å². The first-order chi connectivity index (χ1) is 40.0. The lowest BCUT2D eigenvalue weighted by atomic mass is 10.0. The molecule has 0 spiro atoms. The number of unbranched alkanes of at least 4 members (excludes halogenated alkanes) is 60. The predicted octanol–water partition coefficient (Wildman–Crippen LogP) is 25.8. The number of carbonyl (C=O) groups excluding carboxylic acids is 3. The molecule has 0 aliphatic heterocycles. The molecule has 0 aromatic rings. The molecule has 0 aromatic carbocycles. The van der Waals surface area contributed by atoms with Gasteiger partial charge in [-0.3, -0.25) is 14.4 Å². The van der Waals surface area contributed by atoms with Crippen LogP contribution in [0, 0.1) is 0 Å². The molecule has 0 aliphatic rings. The molecule has 6 heteroatoms. The van der Waals surface area contributed by atoms with E-state index in [1.165, 1.54) is 347 Å². The fourth-order valence-electron chi connectivity index (χ4n) is 12.0. The minimum Gasteiger partial charge on any atom is -0.462 e. The van der Waals surface area contributed by atoms with Crippen molar-refractivity contribution in [2.45, 2.75) is 451 Å². The topological polar surface area (TPSA) is 78.9 Å². The highest BCUT2D eigenvalue weighted by Gasteiger charge is 2.20. The van der Waals surface area contributed by atoms with Gasteiger partial charge < -0.3 is 14.2 Å². The van der Waals surface area contributed by atoms with Crippen LogP contribution < -0.4 is 0 Å². The predicted molar refractivity (Wildman–Crippen MR) is 354 cm³/mol. The molecule has 0 saturated carbocycles. The van der Waals surface area contributed by atoms with E-state index < -0.39 is 6.10 Å². The lowest BCUT2D eigenvalue weighted by Gasteiger charge is -2.18. The van der Waals surface area contributed by atoms with E-state index in [0.29, 0.717) is 19.3 Å². The first-order valence-electron chi connectivity index (χ1n) is 37.5. The largest absolute Gasteiger partial charge is 0.462 e. The SMILES string of the molecule is CCCCCCCCCCCCCCCCCCCCCCCCCCC(=O)OCC(COC(=O)CCCCCCCCCCCCCCCCCCCCC)OC(=O)CCCCCCCCCCCCCCCCCCCCCC. The molecule has 0 bridgehead atoms. The molecule has 1 unspecified atom stereocenters. The summed E-state index contributed by atoms with van der Waals surface area (Å²) < 4.78 is 17.1. The zero-order valence-electron chi connectivity index (χ0n) is 55.6. The number of hydrogen-bond donors (Lipinski definition) is 0. The standard InChI is InChI=1S/C75H146O6/c1-4-7-10-13-16-19-22-25-28-31-34-36-37-38-39-42-44-47-50-53-56-59-62-65-68-74(77)80-71-72(70-79-73(76)67-64-61-58-55-52-49-46-43-40-33-30-27-24-21-18-15-12-9-6-3)81-75(78)69-66-63-60-57-54-51-48-45-41-35-32-29-26-23-20-17-14-11-8-5-2/h72H,4-71H2,1-3H3. The highest BCUT2D eigenvalue weighted by atomic mass is 16.6. The highest BCUT2D eigenvalue weighted by Crippen LogP contribution is 2.20. The average molecular weight is 1140 g/mol. The molecule has 0 radical (unpaired) electrons. The minimum atomic E-state index is -0.764. The lowest BCUT2D eigenvalue weighted by Crippen LogP contribution is -2.30. The maximum Gasteiger partial charge on any atom is 0.306 e. The third-order valence-corrected chi connectivity index (χ3v) is 17.6. The second-order valence-electron chi connectivity index (χ2n) is 25.9. The van der Waals surface area contributed by atoms with Crippen LogP contribution in [-0.2, 0) is 28.6 Å². The Kier molecular flexibility index (Phi) is 69.5. The van der Waals surface area contributed by atoms with Crippen LogP contribution in [0.25, 0.3) is 0 Å². The molecular formula is C75H146O6. The molecule has 0 aromatic heterocycles. The van der Waals surface area contributed by atoms with Crippen molar-refractivity contribution in [1.82, 2.24) is 0 Å². The summed E-state index contributed by atoms with van der Waals surface area (Å²) in [4.78, 5) is 38.5. The first kappa shape index (κ1) is 79.4. The number of carbonyl (C=O) groups is 3.